The summed E-state index contributed by atoms with van der Waals surface area (Å²) in [7, 11) is 0. The Morgan fingerprint density at radius 2 is 1.81 bits per heavy atom. The molecule has 1 N–H and O–H groups in total. The lowest BCUT2D eigenvalue weighted by Gasteiger charge is -2.23. The summed E-state index contributed by atoms with van der Waals surface area (Å²) >= 11 is 0. The van der Waals surface area contributed by atoms with Gasteiger partial charge in [0.1, 0.15) is 0 Å². The summed E-state index contributed by atoms with van der Waals surface area (Å²) < 4.78 is 46.3. The minimum absolute atomic E-state index is 0.101. The van der Waals surface area contributed by atoms with Crippen LogP contribution in [0.3, 0.4) is 0 Å². The van der Waals surface area contributed by atoms with Crippen molar-refractivity contribution < 1.29 is 17.6 Å². The second-order valence-corrected chi connectivity index (χ2v) is 7.66. The van der Waals surface area contributed by atoms with E-state index in [1.165, 1.54) is 6.20 Å². The highest BCUT2D eigenvalue weighted by atomic mass is 19.4. The third-order valence-corrected chi connectivity index (χ3v) is 5.60. The van der Waals surface area contributed by atoms with Gasteiger partial charge in [-0.1, -0.05) is 12.1 Å². The lowest BCUT2D eigenvalue weighted by molar-refractivity contribution is -0.156. The molecule has 4 aromatic rings. The van der Waals surface area contributed by atoms with E-state index in [-0.39, 0.29) is 29.7 Å². The summed E-state index contributed by atoms with van der Waals surface area (Å²) in [6.07, 6.45) is -1.58. The molecule has 11 heteroatoms. The quantitative estimate of drug-likeness (QED) is 0.520. The Morgan fingerprint density at radius 1 is 1.06 bits per heavy atom. The number of halogens is 3. The van der Waals surface area contributed by atoms with E-state index < -0.39 is 12.1 Å². The number of pyridine rings is 1. The molecule has 1 aliphatic rings. The molecule has 0 aliphatic carbocycles. The number of piperidine rings is 1. The summed E-state index contributed by atoms with van der Waals surface area (Å²) in [6, 6.07) is 11.0. The van der Waals surface area contributed by atoms with Crippen molar-refractivity contribution in [1.29, 1.82) is 0 Å². The second kappa shape index (κ2) is 7.90. The molecule has 8 nitrogen and oxygen atoms in total. The largest absolute Gasteiger partial charge is 0.470 e. The number of hydrogen-bond acceptors (Lipinski definition) is 6. The summed E-state index contributed by atoms with van der Waals surface area (Å²) in [5.41, 5.74) is 2.44. The molecular weight excluding hydrogens is 425 g/mol. The van der Waals surface area contributed by atoms with Crippen LogP contribution >= 0.6 is 0 Å². The van der Waals surface area contributed by atoms with Crippen molar-refractivity contribution in [1.82, 2.24) is 29.6 Å². The molecule has 0 saturated carbocycles. The number of hydrogen-bond donors (Lipinski definition) is 1. The van der Waals surface area contributed by atoms with Crippen LogP contribution in [0.1, 0.15) is 30.5 Å². The molecule has 5 rings (SSSR count). The number of imidazole rings is 1. The predicted molar refractivity (Wildman–Crippen MR) is 109 cm³/mol. The van der Waals surface area contributed by atoms with Gasteiger partial charge < -0.3 is 9.73 Å². The minimum Gasteiger partial charge on any atom is -0.413 e. The van der Waals surface area contributed by atoms with Crippen LogP contribution in [0.4, 0.5) is 13.2 Å². The van der Waals surface area contributed by atoms with Crippen molar-refractivity contribution in [2.24, 2.45) is 0 Å². The van der Waals surface area contributed by atoms with Gasteiger partial charge in [0.05, 0.1) is 28.8 Å². The normalized spacial score (nSPS) is 15.5. The molecule has 0 amide bonds. The van der Waals surface area contributed by atoms with Gasteiger partial charge in [-0.3, -0.25) is 14.1 Å². The Kier molecular flexibility index (Phi) is 5.04. The van der Waals surface area contributed by atoms with Gasteiger partial charge >= 0.3 is 17.8 Å². The van der Waals surface area contributed by atoms with E-state index in [4.69, 9.17) is 0 Å². The Bertz CT molecular complexity index is 1300. The zero-order chi connectivity index (χ0) is 22.3. The maximum absolute atomic E-state index is 13.3. The van der Waals surface area contributed by atoms with Crippen molar-refractivity contribution in [3.8, 4) is 11.5 Å². The fraction of sp³-hybridized carbons (Fsp3) is 0.333. The second-order valence-electron chi connectivity index (χ2n) is 7.66. The summed E-state index contributed by atoms with van der Waals surface area (Å²) in [5.74, 6) is -1.68. The topological polar surface area (TPSA) is 90.8 Å². The smallest absolute Gasteiger partial charge is 0.413 e. The van der Waals surface area contributed by atoms with Crippen LogP contribution in [-0.2, 0) is 12.7 Å². The van der Waals surface area contributed by atoms with Crippen LogP contribution < -0.4 is 11.0 Å². The first-order valence-electron chi connectivity index (χ1n) is 10.2. The molecular formula is C21H19F3N6O2. The van der Waals surface area contributed by atoms with Crippen LogP contribution in [-0.4, -0.2) is 37.4 Å². The SMILES string of the molecule is O=c1n(Cc2ccc(-c3nnc(C(F)(F)F)o3)cn2)c2ccccc2n1C1CCNCC1. The highest BCUT2D eigenvalue weighted by Crippen LogP contribution is 2.30. The van der Waals surface area contributed by atoms with E-state index in [0.717, 1.165) is 37.0 Å². The van der Waals surface area contributed by atoms with E-state index in [9.17, 15) is 18.0 Å². The van der Waals surface area contributed by atoms with Gasteiger partial charge in [-0.2, -0.15) is 13.2 Å². The summed E-state index contributed by atoms with van der Waals surface area (Å²) in [4.78, 5) is 17.6. The average molecular weight is 444 g/mol. The molecule has 3 aromatic heterocycles. The number of alkyl halides is 3. The van der Waals surface area contributed by atoms with Crippen LogP contribution in [0.5, 0.6) is 0 Å². The number of fused-ring (bicyclic) bond motifs is 1. The predicted octanol–water partition coefficient (Wildman–Crippen LogP) is 3.24. The molecule has 166 valence electrons. The Morgan fingerprint density at radius 3 is 2.47 bits per heavy atom. The summed E-state index contributed by atoms with van der Waals surface area (Å²) in [5, 5.41) is 9.78. The summed E-state index contributed by atoms with van der Waals surface area (Å²) in [6.45, 7) is 1.96. The van der Waals surface area contributed by atoms with Gasteiger partial charge in [0, 0.05) is 12.2 Å². The van der Waals surface area contributed by atoms with E-state index in [0.29, 0.717) is 5.69 Å². The lowest BCUT2D eigenvalue weighted by atomic mass is 10.1. The maximum atomic E-state index is 13.3. The van der Waals surface area contributed by atoms with E-state index in [2.05, 4.69) is 24.9 Å². The van der Waals surface area contributed by atoms with Crippen LogP contribution in [0, 0.1) is 0 Å². The van der Waals surface area contributed by atoms with Crippen molar-refractivity contribution in [3.05, 3.63) is 64.7 Å². The molecule has 0 spiro atoms. The highest BCUT2D eigenvalue weighted by Gasteiger charge is 2.38. The first-order valence-corrected chi connectivity index (χ1v) is 10.2. The van der Waals surface area contributed by atoms with Gasteiger partial charge in [0.25, 0.3) is 0 Å². The molecule has 0 atom stereocenters. The average Bonchev–Trinajstić information content (AvgIpc) is 3.39. The molecule has 0 bridgehead atoms. The highest BCUT2D eigenvalue weighted by molar-refractivity contribution is 5.76. The molecule has 0 radical (unpaired) electrons. The minimum atomic E-state index is -4.71. The fourth-order valence-electron chi connectivity index (χ4n) is 4.06. The van der Waals surface area contributed by atoms with Gasteiger partial charge in [-0.25, -0.2) is 4.79 Å². The number of para-hydroxylation sites is 2. The van der Waals surface area contributed by atoms with E-state index >= 15 is 0 Å². The van der Waals surface area contributed by atoms with Gasteiger partial charge in [0.15, 0.2) is 0 Å². The number of aromatic nitrogens is 5. The number of nitrogens with one attached hydrogen (secondary N) is 1. The van der Waals surface area contributed by atoms with Gasteiger partial charge in [-0.15, -0.1) is 10.2 Å². The Hall–Kier alpha value is -3.47. The fourth-order valence-corrected chi connectivity index (χ4v) is 4.06. The molecule has 1 aromatic carbocycles. The van der Waals surface area contributed by atoms with Crippen LogP contribution in [0.15, 0.2) is 51.8 Å². The van der Waals surface area contributed by atoms with Crippen LogP contribution in [0.25, 0.3) is 22.5 Å². The third-order valence-electron chi connectivity index (χ3n) is 5.60. The molecule has 0 unspecified atom stereocenters. The van der Waals surface area contributed by atoms with E-state index in [1.807, 2.05) is 28.8 Å². The van der Waals surface area contributed by atoms with Crippen molar-refractivity contribution in [2.75, 3.05) is 13.1 Å². The zero-order valence-corrected chi connectivity index (χ0v) is 16.8. The Balaban J connectivity index is 1.45. The molecule has 1 aliphatic heterocycles. The zero-order valence-electron chi connectivity index (χ0n) is 16.8. The molecule has 32 heavy (non-hydrogen) atoms. The van der Waals surface area contributed by atoms with Crippen molar-refractivity contribution in [2.45, 2.75) is 31.6 Å². The number of nitrogens with zero attached hydrogens (tertiary/aromatic N) is 5. The first kappa shape index (κ1) is 20.4. The van der Waals surface area contributed by atoms with E-state index in [1.54, 1.807) is 16.7 Å². The van der Waals surface area contributed by atoms with Crippen LogP contribution in [0.2, 0.25) is 0 Å². The Labute approximate surface area is 179 Å². The molecule has 4 heterocycles. The third kappa shape index (κ3) is 3.68. The van der Waals surface area contributed by atoms with Gasteiger partial charge in [-0.05, 0) is 50.2 Å². The van der Waals surface area contributed by atoms with Crippen molar-refractivity contribution in [3.63, 3.8) is 0 Å². The molecule has 1 fully saturated rings. The maximum Gasteiger partial charge on any atom is 0.470 e. The number of benzene rings is 1. The monoisotopic (exact) mass is 444 g/mol. The lowest BCUT2D eigenvalue weighted by Crippen LogP contribution is -2.35. The van der Waals surface area contributed by atoms with Crippen molar-refractivity contribution >= 4 is 11.0 Å². The number of rotatable bonds is 4. The first-order chi connectivity index (χ1) is 15.4. The molecule has 1 saturated heterocycles. The van der Waals surface area contributed by atoms with Gasteiger partial charge in [0.2, 0.25) is 5.89 Å². The standard InChI is InChI=1S/C21H19F3N6O2/c22-21(23,24)19-28-27-18(32-19)13-5-6-14(26-11-13)12-29-16-3-1-2-4-17(16)30(20(29)31)15-7-9-25-10-8-15/h1-6,11,15,25H,7-10,12H2.